The topological polar surface area (TPSA) is 32.3 Å². The number of nitrogens with one attached hydrogen (secondary N) is 1. The van der Waals surface area contributed by atoms with Gasteiger partial charge in [-0.3, -0.25) is 4.79 Å². The van der Waals surface area contributed by atoms with E-state index in [9.17, 15) is 9.18 Å². The predicted molar refractivity (Wildman–Crippen MR) is 92.0 cm³/mol. The fourth-order valence-electron chi connectivity index (χ4n) is 3.61. The second kappa shape index (κ2) is 8.44. The zero-order valence-corrected chi connectivity index (χ0v) is 14.4. The molecule has 23 heavy (non-hydrogen) atoms. The van der Waals surface area contributed by atoms with Crippen LogP contribution in [0.1, 0.15) is 51.5 Å². The molecule has 0 heterocycles. The third kappa shape index (κ3) is 4.31. The minimum Gasteiger partial charge on any atom is -0.355 e. The molecule has 1 aromatic carbocycles. The molecule has 1 aliphatic rings. The molecule has 0 bridgehead atoms. The van der Waals surface area contributed by atoms with Crippen molar-refractivity contribution < 1.29 is 9.18 Å². The average molecular weight is 320 g/mol. The summed E-state index contributed by atoms with van der Waals surface area (Å²) in [6.07, 6.45) is 4.81. The van der Waals surface area contributed by atoms with Crippen molar-refractivity contribution in [2.75, 3.05) is 26.2 Å². The van der Waals surface area contributed by atoms with Crippen LogP contribution in [0.4, 0.5) is 4.39 Å². The Morgan fingerprint density at radius 1 is 1.17 bits per heavy atom. The molecule has 0 unspecified atom stereocenters. The highest BCUT2D eigenvalue weighted by molar-refractivity contribution is 5.88. The van der Waals surface area contributed by atoms with E-state index in [1.165, 1.54) is 12.1 Å². The molecule has 0 spiro atoms. The molecule has 0 atom stereocenters. The highest BCUT2D eigenvalue weighted by Crippen LogP contribution is 2.41. The third-order valence-corrected chi connectivity index (χ3v) is 5.12. The Balaban J connectivity index is 1.95. The van der Waals surface area contributed by atoms with Crippen LogP contribution in [0.2, 0.25) is 0 Å². The number of carbonyl (C=O) groups excluding carboxylic acids is 1. The summed E-state index contributed by atoms with van der Waals surface area (Å²) in [6.45, 7) is 8.12. The van der Waals surface area contributed by atoms with Gasteiger partial charge < -0.3 is 10.2 Å². The lowest BCUT2D eigenvalue weighted by atomic mass is 9.78. The Morgan fingerprint density at radius 2 is 1.78 bits per heavy atom. The summed E-state index contributed by atoms with van der Waals surface area (Å²) in [5.41, 5.74) is 0.501. The quantitative estimate of drug-likeness (QED) is 0.744. The molecular weight excluding hydrogens is 291 g/mol. The molecule has 0 aliphatic heterocycles. The molecule has 4 heteroatoms. The van der Waals surface area contributed by atoms with Crippen molar-refractivity contribution in [2.24, 2.45) is 0 Å². The fourth-order valence-corrected chi connectivity index (χ4v) is 3.61. The lowest BCUT2D eigenvalue weighted by Gasteiger charge is -2.28. The summed E-state index contributed by atoms with van der Waals surface area (Å²) in [6, 6.07) is 6.47. The molecule has 0 aromatic heterocycles. The second-order valence-corrected chi connectivity index (χ2v) is 6.43. The first-order valence-electron chi connectivity index (χ1n) is 8.89. The van der Waals surface area contributed by atoms with Gasteiger partial charge in [0.2, 0.25) is 5.91 Å². The van der Waals surface area contributed by atoms with Crippen LogP contribution >= 0.6 is 0 Å². The van der Waals surface area contributed by atoms with E-state index in [4.69, 9.17) is 0 Å². The third-order valence-electron chi connectivity index (χ3n) is 5.12. The monoisotopic (exact) mass is 320 g/mol. The lowest BCUT2D eigenvalue weighted by molar-refractivity contribution is -0.126. The molecular formula is C19H29FN2O. The van der Waals surface area contributed by atoms with Gasteiger partial charge in [-0.15, -0.1) is 0 Å². The van der Waals surface area contributed by atoms with Gasteiger partial charge in [-0.25, -0.2) is 4.39 Å². The Labute approximate surface area is 139 Å². The van der Waals surface area contributed by atoms with Crippen molar-refractivity contribution in [2.45, 2.75) is 51.4 Å². The molecule has 1 aliphatic carbocycles. The second-order valence-electron chi connectivity index (χ2n) is 6.43. The normalized spacial score (nSPS) is 16.7. The van der Waals surface area contributed by atoms with Gasteiger partial charge >= 0.3 is 0 Å². The minimum absolute atomic E-state index is 0.112. The number of hydrogen-bond donors (Lipinski definition) is 1. The molecule has 1 saturated carbocycles. The molecule has 128 valence electrons. The molecule has 1 fully saturated rings. The van der Waals surface area contributed by atoms with Crippen LogP contribution in [0.25, 0.3) is 0 Å². The Hall–Kier alpha value is -1.42. The van der Waals surface area contributed by atoms with E-state index in [0.717, 1.165) is 57.3 Å². The van der Waals surface area contributed by atoms with Gasteiger partial charge in [0.25, 0.3) is 0 Å². The van der Waals surface area contributed by atoms with Gasteiger partial charge in [0, 0.05) is 6.54 Å². The summed E-state index contributed by atoms with van der Waals surface area (Å²) in [7, 11) is 0. The van der Waals surface area contributed by atoms with E-state index in [1.54, 1.807) is 12.1 Å². The maximum Gasteiger partial charge on any atom is 0.230 e. The molecule has 2 rings (SSSR count). The SMILES string of the molecule is CCN(CC)CCCNC(=O)C1(c2ccc(F)cc2)CCCC1. The van der Waals surface area contributed by atoms with E-state index in [1.807, 2.05) is 0 Å². The Kier molecular flexibility index (Phi) is 6.58. The number of amides is 1. The number of carbonyl (C=O) groups is 1. The fraction of sp³-hybridized carbons (Fsp3) is 0.632. The summed E-state index contributed by atoms with van der Waals surface area (Å²) < 4.78 is 13.2. The Bertz CT molecular complexity index is 491. The minimum atomic E-state index is -0.455. The molecule has 1 aromatic rings. The predicted octanol–water partition coefficient (Wildman–Crippen LogP) is 3.49. The van der Waals surface area contributed by atoms with Gasteiger partial charge in [-0.05, 0) is 56.6 Å². The van der Waals surface area contributed by atoms with E-state index in [0.29, 0.717) is 6.54 Å². The summed E-state index contributed by atoms with van der Waals surface area (Å²) >= 11 is 0. The van der Waals surface area contributed by atoms with Crippen molar-refractivity contribution in [3.63, 3.8) is 0 Å². The van der Waals surface area contributed by atoms with Gasteiger partial charge in [0.1, 0.15) is 5.82 Å². The van der Waals surface area contributed by atoms with E-state index in [2.05, 4.69) is 24.1 Å². The van der Waals surface area contributed by atoms with Gasteiger partial charge in [-0.2, -0.15) is 0 Å². The smallest absolute Gasteiger partial charge is 0.230 e. The summed E-state index contributed by atoms with van der Waals surface area (Å²) in [4.78, 5) is 15.2. The number of halogens is 1. The first-order chi connectivity index (χ1) is 11.1. The zero-order chi connectivity index (χ0) is 16.7. The standard InChI is InChI=1S/C19H29FN2O/c1-3-22(4-2)15-7-14-21-18(23)19(12-5-6-13-19)16-8-10-17(20)11-9-16/h8-11H,3-7,12-15H2,1-2H3,(H,21,23). The summed E-state index contributed by atoms with van der Waals surface area (Å²) in [5, 5.41) is 3.12. The van der Waals surface area contributed by atoms with Gasteiger partial charge in [0.15, 0.2) is 0 Å². The van der Waals surface area contributed by atoms with Crippen LogP contribution in [0.5, 0.6) is 0 Å². The first-order valence-corrected chi connectivity index (χ1v) is 8.89. The average Bonchev–Trinajstić information content (AvgIpc) is 3.06. The van der Waals surface area contributed by atoms with Crippen LogP contribution in [-0.2, 0) is 10.2 Å². The van der Waals surface area contributed by atoms with Crippen LogP contribution < -0.4 is 5.32 Å². The zero-order valence-electron chi connectivity index (χ0n) is 14.4. The number of rotatable bonds is 8. The van der Waals surface area contributed by atoms with Gasteiger partial charge in [0.05, 0.1) is 5.41 Å². The van der Waals surface area contributed by atoms with E-state index >= 15 is 0 Å². The van der Waals surface area contributed by atoms with E-state index < -0.39 is 5.41 Å². The largest absolute Gasteiger partial charge is 0.355 e. The van der Waals surface area contributed by atoms with Crippen molar-refractivity contribution in [3.8, 4) is 0 Å². The van der Waals surface area contributed by atoms with Crippen LogP contribution in [0, 0.1) is 5.82 Å². The van der Waals surface area contributed by atoms with Crippen molar-refractivity contribution in [3.05, 3.63) is 35.6 Å². The van der Waals surface area contributed by atoms with E-state index in [-0.39, 0.29) is 11.7 Å². The van der Waals surface area contributed by atoms with Crippen LogP contribution in [-0.4, -0.2) is 37.0 Å². The highest BCUT2D eigenvalue weighted by atomic mass is 19.1. The summed E-state index contributed by atoms with van der Waals surface area (Å²) in [5.74, 6) is -0.136. The van der Waals surface area contributed by atoms with Crippen molar-refractivity contribution >= 4 is 5.91 Å². The molecule has 3 nitrogen and oxygen atoms in total. The van der Waals surface area contributed by atoms with Crippen molar-refractivity contribution in [1.82, 2.24) is 10.2 Å². The number of nitrogens with zero attached hydrogens (tertiary/aromatic N) is 1. The molecule has 0 saturated heterocycles. The molecule has 0 radical (unpaired) electrons. The molecule has 1 N–H and O–H groups in total. The first kappa shape index (κ1) is 17.9. The molecule has 1 amide bonds. The maximum absolute atomic E-state index is 13.2. The highest BCUT2D eigenvalue weighted by Gasteiger charge is 2.42. The number of benzene rings is 1. The Morgan fingerprint density at radius 3 is 2.35 bits per heavy atom. The maximum atomic E-state index is 13.2. The van der Waals surface area contributed by atoms with Crippen molar-refractivity contribution in [1.29, 1.82) is 0 Å². The van der Waals surface area contributed by atoms with Gasteiger partial charge in [-0.1, -0.05) is 38.8 Å². The van der Waals surface area contributed by atoms with Crippen LogP contribution in [0.15, 0.2) is 24.3 Å². The van der Waals surface area contributed by atoms with Crippen LogP contribution in [0.3, 0.4) is 0 Å². The lowest BCUT2D eigenvalue weighted by Crippen LogP contribution is -2.43. The number of hydrogen-bond acceptors (Lipinski definition) is 2.